The fraction of sp³-hybridized carbons (Fsp3) is 0.667. The normalized spacial score (nSPS) is 19.1. The van der Waals surface area contributed by atoms with Crippen LogP contribution < -0.4 is 0 Å². The molecule has 0 aromatic carbocycles. The maximum Gasteiger partial charge on any atom is 0.332 e. The summed E-state index contributed by atoms with van der Waals surface area (Å²) in [6.45, 7) is 5.13. The highest BCUT2D eigenvalue weighted by atomic mass is 16.4. The second kappa shape index (κ2) is 6.68. The Labute approximate surface area is 118 Å². The molecular formula is C15H22O5. The summed E-state index contributed by atoms with van der Waals surface area (Å²) >= 11 is 0. The molecule has 0 amide bonds. The standard InChI is InChI=1S/C15H22O5/c1-3-12(16)9-15(14(19)20,10(2)13(17)18)11-7-5-4-6-8-11/h11H,2-9H2,1H3,(H,17,18)(H,19,20). The predicted octanol–water partition coefficient (Wildman–Crippen LogP) is 2.65. The summed E-state index contributed by atoms with van der Waals surface area (Å²) in [6.07, 6.45) is 3.96. The minimum absolute atomic E-state index is 0.203. The molecule has 0 aromatic rings. The fourth-order valence-electron chi connectivity index (χ4n) is 3.10. The molecule has 0 aromatic heterocycles. The minimum Gasteiger partial charge on any atom is -0.481 e. The molecule has 5 nitrogen and oxygen atoms in total. The topological polar surface area (TPSA) is 91.7 Å². The molecular weight excluding hydrogens is 260 g/mol. The molecule has 1 saturated carbocycles. The van der Waals surface area contributed by atoms with E-state index in [9.17, 15) is 24.6 Å². The van der Waals surface area contributed by atoms with Gasteiger partial charge in [-0.15, -0.1) is 0 Å². The maximum atomic E-state index is 11.8. The number of carbonyl (C=O) groups excluding carboxylic acids is 1. The fourth-order valence-corrected chi connectivity index (χ4v) is 3.10. The van der Waals surface area contributed by atoms with Crippen LogP contribution in [0.15, 0.2) is 12.2 Å². The van der Waals surface area contributed by atoms with Gasteiger partial charge in [-0.3, -0.25) is 9.59 Å². The van der Waals surface area contributed by atoms with Crippen molar-refractivity contribution in [3.63, 3.8) is 0 Å². The van der Waals surface area contributed by atoms with Gasteiger partial charge in [0.05, 0.1) is 0 Å². The van der Waals surface area contributed by atoms with Gasteiger partial charge in [0.2, 0.25) is 0 Å². The van der Waals surface area contributed by atoms with Gasteiger partial charge in [-0.05, 0) is 18.8 Å². The number of carboxylic acid groups (broad SMARTS) is 2. The number of carbonyl (C=O) groups is 3. The number of hydrogen-bond acceptors (Lipinski definition) is 3. The summed E-state index contributed by atoms with van der Waals surface area (Å²) < 4.78 is 0. The van der Waals surface area contributed by atoms with Gasteiger partial charge in [0, 0.05) is 18.4 Å². The van der Waals surface area contributed by atoms with Gasteiger partial charge in [0.25, 0.3) is 0 Å². The Morgan fingerprint density at radius 1 is 1.15 bits per heavy atom. The first-order valence-corrected chi connectivity index (χ1v) is 7.04. The molecule has 0 spiro atoms. The van der Waals surface area contributed by atoms with Gasteiger partial charge in [0.1, 0.15) is 11.2 Å². The van der Waals surface area contributed by atoms with Crippen molar-refractivity contribution in [1.82, 2.24) is 0 Å². The molecule has 1 aliphatic carbocycles. The smallest absolute Gasteiger partial charge is 0.332 e. The highest BCUT2D eigenvalue weighted by Gasteiger charge is 2.51. The van der Waals surface area contributed by atoms with Gasteiger partial charge < -0.3 is 10.2 Å². The van der Waals surface area contributed by atoms with Crippen molar-refractivity contribution in [3.8, 4) is 0 Å². The Morgan fingerprint density at radius 2 is 1.70 bits per heavy atom. The van der Waals surface area contributed by atoms with E-state index in [0.29, 0.717) is 12.8 Å². The molecule has 1 unspecified atom stereocenters. The zero-order chi connectivity index (χ0) is 15.3. The Balaban J connectivity index is 3.24. The first-order valence-electron chi connectivity index (χ1n) is 7.04. The van der Waals surface area contributed by atoms with Crippen LogP contribution in [0.2, 0.25) is 0 Å². The molecule has 1 atom stereocenters. The maximum absolute atomic E-state index is 11.8. The van der Waals surface area contributed by atoms with Crippen LogP contribution in [-0.4, -0.2) is 27.9 Å². The largest absolute Gasteiger partial charge is 0.481 e. The Kier molecular flexibility index (Phi) is 5.48. The first-order chi connectivity index (χ1) is 9.36. The number of hydrogen-bond donors (Lipinski definition) is 2. The van der Waals surface area contributed by atoms with Gasteiger partial charge >= 0.3 is 11.9 Å². The number of aliphatic carboxylic acids is 2. The van der Waals surface area contributed by atoms with Crippen LogP contribution in [0.4, 0.5) is 0 Å². The molecule has 0 radical (unpaired) electrons. The average Bonchev–Trinajstić information content (AvgIpc) is 2.44. The van der Waals surface area contributed by atoms with Crippen molar-refractivity contribution < 1.29 is 24.6 Å². The molecule has 0 aliphatic heterocycles. The monoisotopic (exact) mass is 282 g/mol. The van der Waals surface area contributed by atoms with E-state index in [1.165, 1.54) is 0 Å². The van der Waals surface area contributed by atoms with Crippen molar-refractivity contribution in [3.05, 3.63) is 12.2 Å². The highest BCUT2D eigenvalue weighted by Crippen LogP contribution is 2.46. The predicted molar refractivity (Wildman–Crippen MR) is 73.3 cm³/mol. The van der Waals surface area contributed by atoms with Crippen LogP contribution in [-0.2, 0) is 14.4 Å². The summed E-state index contributed by atoms with van der Waals surface area (Å²) in [4.78, 5) is 34.9. The van der Waals surface area contributed by atoms with Crippen LogP contribution in [0.3, 0.4) is 0 Å². The van der Waals surface area contributed by atoms with E-state index in [4.69, 9.17) is 0 Å². The molecule has 1 fully saturated rings. The number of ketones is 1. The Bertz CT molecular complexity index is 420. The van der Waals surface area contributed by atoms with Crippen molar-refractivity contribution >= 4 is 17.7 Å². The number of rotatable bonds is 7. The zero-order valence-electron chi connectivity index (χ0n) is 11.9. The van der Waals surface area contributed by atoms with E-state index in [2.05, 4.69) is 6.58 Å². The molecule has 20 heavy (non-hydrogen) atoms. The lowest BCUT2D eigenvalue weighted by molar-refractivity contribution is -0.156. The van der Waals surface area contributed by atoms with E-state index in [-0.39, 0.29) is 30.1 Å². The molecule has 1 aliphatic rings. The third-order valence-corrected chi connectivity index (χ3v) is 4.35. The molecule has 0 heterocycles. The third-order valence-electron chi connectivity index (χ3n) is 4.35. The second-order valence-corrected chi connectivity index (χ2v) is 5.46. The average molecular weight is 282 g/mol. The lowest BCUT2D eigenvalue weighted by Crippen LogP contribution is -2.45. The number of carboxylic acids is 2. The summed E-state index contributed by atoms with van der Waals surface area (Å²) in [7, 11) is 0. The van der Waals surface area contributed by atoms with Crippen LogP contribution in [0.25, 0.3) is 0 Å². The van der Waals surface area contributed by atoms with E-state index in [0.717, 1.165) is 19.3 Å². The SMILES string of the molecule is C=C(C(=O)O)C(CC(=O)CC)(C(=O)O)C1CCCCC1. The van der Waals surface area contributed by atoms with E-state index in [1.54, 1.807) is 6.92 Å². The van der Waals surface area contributed by atoms with Crippen molar-refractivity contribution in [2.45, 2.75) is 51.9 Å². The van der Waals surface area contributed by atoms with Crippen LogP contribution in [0.1, 0.15) is 51.9 Å². The summed E-state index contributed by atoms with van der Waals surface area (Å²) in [5, 5.41) is 18.9. The van der Waals surface area contributed by atoms with Crippen LogP contribution in [0.5, 0.6) is 0 Å². The lowest BCUT2D eigenvalue weighted by atomic mass is 9.62. The van der Waals surface area contributed by atoms with Crippen LogP contribution in [0, 0.1) is 11.3 Å². The minimum atomic E-state index is -1.65. The number of Topliss-reactive ketones (excluding diaryl/α,β-unsaturated/α-hetero) is 1. The second-order valence-electron chi connectivity index (χ2n) is 5.46. The quantitative estimate of drug-likeness (QED) is 0.700. The first kappa shape index (κ1) is 16.4. The molecule has 0 bridgehead atoms. The Morgan fingerprint density at radius 3 is 2.10 bits per heavy atom. The molecule has 5 heteroatoms. The van der Waals surface area contributed by atoms with Crippen molar-refractivity contribution in [2.75, 3.05) is 0 Å². The van der Waals surface area contributed by atoms with E-state index in [1.807, 2.05) is 0 Å². The van der Waals surface area contributed by atoms with Crippen LogP contribution >= 0.6 is 0 Å². The molecule has 112 valence electrons. The molecule has 0 saturated heterocycles. The summed E-state index contributed by atoms with van der Waals surface area (Å²) in [6, 6.07) is 0. The van der Waals surface area contributed by atoms with E-state index >= 15 is 0 Å². The van der Waals surface area contributed by atoms with E-state index < -0.39 is 17.4 Å². The third kappa shape index (κ3) is 3.08. The highest BCUT2D eigenvalue weighted by molar-refractivity contribution is 5.99. The van der Waals surface area contributed by atoms with Crippen molar-refractivity contribution in [1.29, 1.82) is 0 Å². The van der Waals surface area contributed by atoms with Crippen molar-refractivity contribution in [2.24, 2.45) is 11.3 Å². The zero-order valence-corrected chi connectivity index (χ0v) is 11.9. The molecule has 1 rings (SSSR count). The van der Waals surface area contributed by atoms with Gasteiger partial charge in [0.15, 0.2) is 0 Å². The Hall–Kier alpha value is -1.65. The van der Waals surface area contributed by atoms with Gasteiger partial charge in [-0.2, -0.15) is 0 Å². The van der Waals surface area contributed by atoms with Gasteiger partial charge in [-0.1, -0.05) is 32.8 Å². The summed E-state index contributed by atoms with van der Waals surface area (Å²) in [5.74, 6) is -3.13. The lowest BCUT2D eigenvalue weighted by Gasteiger charge is -2.39. The summed E-state index contributed by atoms with van der Waals surface area (Å²) in [5.41, 5.74) is -2.02. The molecule has 2 N–H and O–H groups in total. The van der Waals surface area contributed by atoms with Gasteiger partial charge in [-0.25, -0.2) is 4.79 Å².